The zero-order valence-corrected chi connectivity index (χ0v) is 11.4. The third kappa shape index (κ3) is 4.24. The standard InChI is InChI=1S/C13H18N2O3S/c14-13(16)9-10-1-3-11(4-2-10)15-12-5-7-19(17,18)8-6-12/h1-4,12,15H,5-9H2,(H2,14,16). The van der Waals surface area contributed by atoms with Crippen molar-refractivity contribution in [2.45, 2.75) is 25.3 Å². The Morgan fingerprint density at radius 2 is 1.79 bits per heavy atom. The molecule has 1 heterocycles. The predicted octanol–water partition coefficient (Wildman–Crippen LogP) is 0.703. The van der Waals surface area contributed by atoms with E-state index >= 15 is 0 Å². The van der Waals surface area contributed by atoms with Crippen LogP contribution in [0.2, 0.25) is 0 Å². The van der Waals surface area contributed by atoms with Gasteiger partial charge < -0.3 is 11.1 Å². The van der Waals surface area contributed by atoms with E-state index in [1.54, 1.807) is 0 Å². The van der Waals surface area contributed by atoms with Gasteiger partial charge in [-0.1, -0.05) is 12.1 Å². The maximum atomic E-state index is 11.3. The number of sulfone groups is 1. The number of nitrogens with one attached hydrogen (secondary N) is 1. The molecule has 0 radical (unpaired) electrons. The lowest BCUT2D eigenvalue weighted by Gasteiger charge is -2.24. The molecule has 3 N–H and O–H groups in total. The smallest absolute Gasteiger partial charge is 0.221 e. The Bertz CT molecular complexity index is 538. The van der Waals surface area contributed by atoms with Crippen molar-refractivity contribution in [2.24, 2.45) is 5.73 Å². The van der Waals surface area contributed by atoms with E-state index in [0.717, 1.165) is 11.3 Å². The quantitative estimate of drug-likeness (QED) is 0.851. The largest absolute Gasteiger partial charge is 0.382 e. The van der Waals surface area contributed by atoms with E-state index in [1.165, 1.54) is 0 Å². The second kappa shape index (κ2) is 5.61. The van der Waals surface area contributed by atoms with Gasteiger partial charge >= 0.3 is 0 Å². The number of hydrogen-bond donors (Lipinski definition) is 2. The molecule has 0 spiro atoms. The van der Waals surface area contributed by atoms with Crippen LogP contribution >= 0.6 is 0 Å². The Hall–Kier alpha value is -1.56. The van der Waals surface area contributed by atoms with E-state index in [9.17, 15) is 13.2 Å². The van der Waals surface area contributed by atoms with E-state index in [1.807, 2.05) is 24.3 Å². The van der Waals surface area contributed by atoms with Crippen LogP contribution in [0.1, 0.15) is 18.4 Å². The highest BCUT2D eigenvalue weighted by Gasteiger charge is 2.23. The highest BCUT2D eigenvalue weighted by Crippen LogP contribution is 2.18. The summed E-state index contributed by atoms with van der Waals surface area (Å²) < 4.78 is 22.6. The number of primary amides is 1. The van der Waals surface area contributed by atoms with E-state index in [2.05, 4.69) is 5.32 Å². The molecule has 0 saturated carbocycles. The fraction of sp³-hybridized carbons (Fsp3) is 0.462. The normalized spacial score (nSPS) is 18.9. The summed E-state index contributed by atoms with van der Waals surface area (Å²) >= 11 is 0. The van der Waals surface area contributed by atoms with Gasteiger partial charge in [-0.3, -0.25) is 4.79 Å². The van der Waals surface area contributed by atoms with Crippen LogP contribution in [0.15, 0.2) is 24.3 Å². The summed E-state index contributed by atoms with van der Waals surface area (Å²) in [7, 11) is -2.82. The van der Waals surface area contributed by atoms with Crippen LogP contribution in [0.4, 0.5) is 5.69 Å². The van der Waals surface area contributed by atoms with Crippen molar-refractivity contribution in [3.05, 3.63) is 29.8 Å². The molecule has 1 aromatic rings. The first kappa shape index (κ1) is 13.9. The van der Waals surface area contributed by atoms with Crippen molar-refractivity contribution < 1.29 is 13.2 Å². The summed E-state index contributed by atoms with van der Waals surface area (Å²) in [6, 6.07) is 7.69. The summed E-state index contributed by atoms with van der Waals surface area (Å²) in [4.78, 5) is 10.8. The lowest BCUT2D eigenvalue weighted by Crippen LogP contribution is -2.32. The van der Waals surface area contributed by atoms with Gasteiger partial charge in [0, 0.05) is 11.7 Å². The lowest BCUT2D eigenvalue weighted by atomic mass is 10.1. The van der Waals surface area contributed by atoms with Crippen molar-refractivity contribution in [1.82, 2.24) is 0 Å². The number of carbonyl (C=O) groups excluding carboxylic acids is 1. The molecule has 19 heavy (non-hydrogen) atoms. The van der Waals surface area contributed by atoms with Crippen LogP contribution in [0.5, 0.6) is 0 Å². The van der Waals surface area contributed by atoms with E-state index in [0.29, 0.717) is 12.8 Å². The van der Waals surface area contributed by atoms with Crippen molar-refractivity contribution in [1.29, 1.82) is 0 Å². The van der Waals surface area contributed by atoms with Crippen LogP contribution in [0.25, 0.3) is 0 Å². The van der Waals surface area contributed by atoms with Crippen LogP contribution in [0, 0.1) is 0 Å². The maximum absolute atomic E-state index is 11.3. The molecule has 0 aromatic heterocycles. The molecular weight excluding hydrogens is 264 g/mol. The third-order valence-corrected chi connectivity index (χ3v) is 4.97. The van der Waals surface area contributed by atoms with E-state index < -0.39 is 9.84 Å². The Morgan fingerprint density at radius 3 is 2.32 bits per heavy atom. The van der Waals surface area contributed by atoms with E-state index in [-0.39, 0.29) is 29.9 Å². The van der Waals surface area contributed by atoms with Crippen molar-refractivity contribution in [3.8, 4) is 0 Å². The Morgan fingerprint density at radius 1 is 1.21 bits per heavy atom. The Balaban J connectivity index is 1.91. The zero-order valence-electron chi connectivity index (χ0n) is 10.6. The monoisotopic (exact) mass is 282 g/mol. The second-order valence-electron chi connectivity index (χ2n) is 4.91. The number of benzene rings is 1. The van der Waals surface area contributed by atoms with Crippen LogP contribution < -0.4 is 11.1 Å². The first-order chi connectivity index (χ1) is 8.94. The first-order valence-corrected chi connectivity index (χ1v) is 8.11. The summed E-state index contributed by atoms with van der Waals surface area (Å²) in [5.41, 5.74) is 6.95. The molecule has 0 atom stereocenters. The molecule has 5 nitrogen and oxygen atoms in total. The topological polar surface area (TPSA) is 89.3 Å². The molecule has 0 bridgehead atoms. The Labute approximate surface area is 113 Å². The number of rotatable bonds is 4. The average molecular weight is 282 g/mol. The Kier molecular flexibility index (Phi) is 4.09. The molecule has 1 aliphatic heterocycles. The van der Waals surface area contributed by atoms with Gasteiger partial charge in [-0.05, 0) is 30.5 Å². The highest BCUT2D eigenvalue weighted by molar-refractivity contribution is 7.91. The van der Waals surface area contributed by atoms with Gasteiger partial charge in [-0.15, -0.1) is 0 Å². The van der Waals surface area contributed by atoms with Crippen molar-refractivity contribution in [3.63, 3.8) is 0 Å². The van der Waals surface area contributed by atoms with E-state index in [4.69, 9.17) is 5.73 Å². The minimum atomic E-state index is -2.82. The third-order valence-electron chi connectivity index (χ3n) is 3.26. The zero-order chi connectivity index (χ0) is 13.9. The molecular formula is C13H18N2O3S. The molecule has 104 valence electrons. The average Bonchev–Trinajstić information content (AvgIpc) is 2.34. The van der Waals surface area contributed by atoms with Gasteiger partial charge in [0.2, 0.25) is 5.91 Å². The molecule has 6 heteroatoms. The van der Waals surface area contributed by atoms with Crippen molar-refractivity contribution >= 4 is 21.4 Å². The van der Waals surface area contributed by atoms with Crippen molar-refractivity contribution in [2.75, 3.05) is 16.8 Å². The fourth-order valence-electron chi connectivity index (χ4n) is 2.19. The molecule has 0 unspecified atom stereocenters. The summed E-state index contributed by atoms with van der Waals surface area (Å²) in [6.07, 6.45) is 1.53. The summed E-state index contributed by atoms with van der Waals surface area (Å²) in [6.45, 7) is 0. The molecule has 1 fully saturated rings. The second-order valence-corrected chi connectivity index (χ2v) is 7.21. The number of amides is 1. The van der Waals surface area contributed by atoms with Gasteiger partial charge in [-0.2, -0.15) is 0 Å². The minimum Gasteiger partial charge on any atom is -0.382 e. The first-order valence-electron chi connectivity index (χ1n) is 6.29. The highest BCUT2D eigenvalue weighted by atomic mass is 32.2. The molecule has 0 aliphatic carbocycles. The summed E-state index contributed by atoms with van der Waals surface area (Å²) in [5.74, 6) is 0.160. The molecule has 1 aliphatic rings. The van der Waals surface area contributed by atoms with Gasteiger partial charge in [-0.25, -0.2) is 8.42 Å². The number of anilines is 1. The van der Waals surface area contributed by atoms with Gasteiger partial charge in [0.1, 0.15) is 9.84 Å². The molecule has 1 aromatic carbocycles. The molecule has 1 saturated heterocycles. The fourth-order valence-corrected chi connectivity index (χ4v) is 3.68. The number of hydrogen-bond acceptors (Lipinski definition) is 4. The number of carbonyl (C=O) groups is 1. The minimum absolute atomic E-state index is 0.200. The molecule has 2 rings (SSSR count). The summed E-state index contributed by atoms with van der Waals surface area (Å²) in [5, 5.41) is 3.32. The van der Waals surface area contributed by atoms with Crippen LogP contribution in [0.3, 0.4) is 0 Å². The van der Waals surface area contributed by atoms with Crippen LogP contribution in [-0.2, 0) is 21.1 Å². The van der Waals surface area contributed by atoms with Gasteiger partial charge in [0.05, 0.1) is 17.9 Å². The predicted molar refractivity (Wildman–Crippen MR) is 74.6 cm³/mol. The number of nitrogens with two attached hydrogens (primary N) is 1. The SMILES string of the molecule is NC(=O)Cc1ccc(NC2CCS(=O)(=O)CC2)cc1. The van der Waals surface area contributed by atoms with Gasteiger partial charge in [0.25, 0.3) is 0 Å². The van der Waals surface area contributed by atoms with Gasteiger partial charge in [0.15, 0.2) is 0 Å². The van der Waals surface area contributed by atoms with Crippen LogP contribution in [-0.4, -0.2) is 31.9 Å². The molecule has 1 amide bonds. The lowest BCUT2D eigenvalue weighted by molar-refractivity contribution is -0.117. The maximum Gasteiger partial charge on any atom is 0.221 e.